The van der Waals surface area contributed by atoms with Crippen molar-refractivity contribution in [2.75, 3.05) is 21.3 Å². The molecule has 1 aliphatic heterocycles. The molecule has 0 bridgehead atoms. The molecular weight excluding hydrogens is 339 g/mol. The lowest BCUT2D eigenvalue weighted by atomic mass is 9.66. The van der Waals surface area contributed by atoms with Crippen molar-refractivity contribution in [1.29, 1.82) is 0 Å². The smallest absolute Gasteiger partial charge is 0.466 e. The van der Waals surface area contributed by atoms with E-state index in [1.165, 1.54) is 21.3 Å². The van der Waals surface area contributed by atoms with E-state index in [-0.39, 0.29) is 6.42 Å². The van der Waals surface area contributed by atoms with Crippen LogP contribution in [0.25, 0.3) is 0 Å². The largest absolute Gasteiger partial charge is 0.493 e. The van der Waals surface area contributed by atoms with Crippen molar-refractivity contribution < 1.29 is 33.4 Å². The topological polar surface area (TPSA) is 83.5 Å². The molecule has 0 saturated carbocycles. The number of carboxylic acid groups (broad SMARTS) is 1. The number of methoxy groups -OCH3 is 3. The molecule has 1 aromatic rings. The summed E-state index contributed by atoms with van der Waals surface area (Å²) >= 11 is 0. The Morgan fingerprint density at radius 3 is 1.85 bits per heavy atom. The van der Waals surface area contributed by atoms with Gasteiger partial charge in [0.1, 0.15) is 0 Å². The summed E-state index contributed by atoms with van der Waals surface area (Å²) in [7, 11) is 3.84. The van der Waals surface area contributed by atoms with E-state index in [0.717, 1.165) is 0 Å². The van der Waals surface area contributed by atoms with Gasteiger partial charge in [-0.25, -0.2) is 0 Å². The fourth-order valence-electron chi connectivity index (χ4n) is 2.93. The maximum Gasteiger partial charge on any atom is 0.466 e. The lowest BCUT2D eigenvalue weighted by molar-refractivity contribution is -0.137. The summed E-state index contributed by atoms with van der Waals surface area (Å²) in [5.41, 5.74) is -0.440. The molecule has 0 radical (unpaired) electrons. The quantitative estimate of drug-likeness (QED) is 0.743. The molecule has 26 heavy (non-hydrogen) atoms. The highest BCUT2D eigenvalue weighted by atomic mass is 16.7. The molecule has 1 unspecified atom stereocenters. The van der Waals surface area contributed by atoms with Crippen LogP contribution in [-0.4, -0.2) is 50.7 Å². The van der Waals surface area contributed by atoms with E-state index in [1.807, 2.05) is 27.7 Å². The second-order valence-electron chi connectivity index (χ2n) is 7.29. The van der Waals surface area contributed by atoms with Crippen LogP contribution in [-0.2, 0) is 14.1 Å². The highest BCUT2D eigenvalue weighted by Crippen LogP contribution is 2.45. The van der Waals surface area contributed by atoms with Gasteiger partial charge in [-0.3, -0.25) is 4.79 Å². The number of carboxylic acids is 1. The molecule has 1 heterocycles. The first-order valence-corrected chi connectivity index (χ1v) is 8.43. The van der Waals surface area contributed by atoms with Crippen molar-refractivity contribution in [3.05, 3.63) is 17.7 Å². The Hall–Kier alpha value is -1.93. The van der Waals surface area contributed by atoms with Gasteiger partial charge in [0.15, 0.2) is 11.5 Å². The number of carbonyl (C=O) groups is 1. The lowest BCUT2D eigenvalue weighted by Crippen LogP contribution is -2.41. The SMILES string of the molecule is COc1cc(C(CC(=O)O)B2OC(C)(C)C(C)(C)O2)cc(OC)c1OC. The molecule has 1 saturated heterocycles. The second-order valence-corrected chi connectivity index (χ2v) is 7.29. The van der Waals surface area contributed by atoms with Crippen LogP contribution in [0.1, 0.15) is 45.5 Å². The average Bonchev–Trinajstić information content (AvgIpc) is 2.78. The minimum atomic E-state index is -0.946. The summed E-state index contributed by atoms with van der Waals surface area (Å²) in [6.45, 7) is 7.72. The molecular formula is C18H27BO7. The van der Waals surface area contributed by atoms with Crippen LogP contribution >= 0.6 is 0 Å². The summed E-state index contributed by atoms with van der Waals surface area (Å²) in [4.78, 5) is 11.5. The summed E-state index contributed by atoms with van der Waals surface area (Å²) in [6, 6.07) is 3.47. The van der Waals surface area contributed by atoms with Crippen LogP contribution in [0.3, 0.4) is 0 Å². The van der Waals surface area contributed by atoms with Gasteiger partial charge in [-0.05, 0) is 45.4 Å². The van der Waals surface area contributed by atoms with Gasteiger partial charge >= 0.3 is 13.1 Å². The van der Waals surface area contributed by atoms with Gasteiger partial charge in [0, 0.05) is 5.82 Å². The monoisotopic (exact) mass is 366 g/mol. The van der Waals surface area contributed by atoms with Crippen molar-refractivity contribution >= 4 is 13.1 Å². The highest BCUT2D eigenvalue weighted by molar-refractivity contribution is 6.48. The molecule has 1 aliphatic rings. The van der Waals surface area contributed by atoms with Gasteiger partial charge in [-0.15, -0.1) is 0 Å². The predicted octanol–water partition coefficient (Wildman–Crippen LogP) is 2.90. The summed E-state index contributed by atoms with van der Waals surface area (Å²) in [6.07, 6.45) is -0.157. The number of hydrogen-bond donors (Lipinski definition) is 1. The first-order chi connectivity index (χ1) is 12.1. The van der Waals surface area contributed by atoms with Crippen molar-refractivity contribution in [2.24, 2.45) is 0 Å². The fraction of sp³-hybridized carbons (Fsp3) is 0.611. The summed E-state index contributed by atoms with van der Waals surface area (Å²) in [5.74, 6) is -0.134. The Morgan fingerprint density at radius 2 is 1.50 bits per heavy atom. The van der Waals surface area contributed by atoms with E-state index in [0.29, 0.717) is 22.8 Å². The van der Waals surface area contributed by atoms with Gasteiger partial charge in [-0.1, -0.05) is 0 Å². The Labute approximate surface area is 154 Å². The molecule has 144 valence electrons. The zero-order valence-corrected chi connectivity index (χ0v) is 16.4. The molecule has 0 aromatic heterocycles. The van der Waals surface area contributed by atoms with Crippen LogP contribution in [0.2, 0.25) is 0 Å². The normalized spacial score (nSPS) is 19.1. The van der Waals surface area contributed by atoms with Gasteiger partial charge in [0.05, 0.1) is 39.0 Å². The Morgan fingerprint density at radius 1 is 1.04 bits per heavy atom. The fourth-order valence-corrected chi connectivity index (χ4v) is 2.93. The Balaban J connectivity index is 2.50. The maximum absolute atomic E-state index is 11.5. The van der Waals surface area contributed by atoms with E-state index in [2.05, 4.69) is 0 Å². The molecule has 1 N–H and O–H groups in total. The first kappa shape index (κ1) is 20.4. The van der Waals surface area contributed by atoms with Crippen molar-refractivity contribution in [3.63, 3.8) is 0 Å². The minimum Gasteiger partial charge on any atom is -0.493 e. The maximum atomic E-state index is 11.5. The van der Waals surface area contributed by atoms with Crippen LogP contribution in [0.15, 0.2) is 12.1 Å². The molecule has 1 fully saturated rings. The van der Waals surface area contributed by atoms with Crippen LogP contribution in [0.4, 0.5) is 0 Å². The Bertz CT molecular complexity index is 630. The third kappa shape index (κ3) is 3.76. The van der Waals surface area contributed by atoms with Crippen LogP contribution in [0.5, 0.6) is 17.2 Å². The van der Waals surface area contributed by atoms with E-state index in [4.69, 9.17) is 23.5 Å². The lowest BCUT2D eigenvalue weighted by Gasteiger charge is -2.32. The third-order valence-corrected chi connectivity index (χ3v) is 5.11. The van der Waals surface area contributed by atoms with Crippen LogP contribution in [0, 0.1) is 0 Å². The zero-order valence-electron chi connectivity index (χ0n) is 16.4. The molecule has 7 nitrogen and oxygen atoms in total. The number of rotatable bonds is 7. The van der Waals surface area contributed by atoms with E-state index in [9.17, 15) is 9.90 Å². The number of hydrogen-bond acceptors (Lipinski definition) is 6. The number of ether oxygens (including phenoxy) is 3. The van der Waals surface area contributed by atoms with E-state index >= 15 is 0 Å². The molecule has 0 spiro atoms. The molecule has 8 heteroatoms. The van der Waals surface area contributed by atoms with Gasteiger partial charge < -0.3 is 28.6 Å². The van der Waals surface area contributed by atoms with Crippen LogP contribution < -0.4 is 14.2 Å². The number of benzene rings is 1. The zero-order chi connectivity index (χ0) is 19.7. The molecule has 1 aromatic carbocycles. The minimum absolute atomic E-state index is 0.157. The molecule has 0 aliphatic carbocycles. The van der Waals surface area contributed by atoms with Crippen molar-refractivity contribution in [2.45, 2.75) is 51.1 Å². The van der Waals surface area contributed by atoms with E-state index < -0.39 is 30.1 Å². The predicted molar refractivity (Wildman–Crippen MR) is 97.2 cm³/mol. The third-order valence-electron chi connectivity index (χ3n) is 5.11. The average molecular weight is 366 g/mol. The summed E-state index contributed by atoms with van der Waals surface area (Å²) < 4.78 is 28.3. The summed E-state index contributed by atoms with van der Waals surface area (Å²) in [5, 5.41) is 9.42. The first-order valence-electron chi connectivity index (χ1n) is 8.43. The highest BCUT2D eigenvalue weighted by Gasteiger charge is 2.54. The molecule has 2 rings (SSSR count). The molecule has 0 amide bonds. The van der Waals surface area contributed by atoms with Gasteiger partial charge in [0.25, 0.3) is 0 Å². The van der Waals surface area contributed by atoms with Gasteiger partial charge in [-0.2, -0.15) is 0 Å². The Kier molecular flexibility index (Phi) is 5.77. The standard InChI is InChI=1S/C18H27BO7/c1-17(2)18(3,4)26-19(25-17)12(10-15(20)21)11-8-13(22-5)16(24-7)14(9-11)23-6/h8-9,12H,10H2,1-7H3,(H,20,21). The van der Waals surface area contributed by atoms with Crippen molar-refractivity contribution in [1.82, 2.24) is 0 Å². The van der Waals surface area contributed by atoms with E-state index in [1.54, 1.807) is 12.1 Å². The second kappa shape index (κ2) is 7.36. The molecule has 1 atom stereocenters. The van der Waals surface area contributed by atoms with Gasteiger partial charge in [0.2, 0.25) is 5.75 Å². The number of aliphatic carboxylic acids is 1. The van der Waals surface area contributed by atoms with Crippen molar-refractivity contribution in [3.8, 4) is 17.2 Å².